The minimum absolute atomic E-state index is 0.704. The number of furan rings is 1. The number of hydrogen-bond acceptors (Lipinski definition) is 5. The lowest BCUT2D eigenvalue weighted by Crippen LogP contribution is -2.14. The number of aryl methyl sites for hydroxylation is 1. The normalized spacial score (nSPS) is 11.2. The second kappa shape index (κ2) is 7.25. The van der Waals surface area contributed by atoms with E-state index in [4.69, 9.17) is 4.42 Å². The first kappa shape index (κ1) is 17.3. The van der Waals surface area contributed by atoms with E-state index in [2.05, 4.69) is 21.5 Å². The lowest BCUT2D eigenvalue weighted by Gasteiger charge is -2.11. The molecular weight excluding hydrogens is 338 g/mol. The lowest BCUT2D eigenvalue weighted by atomic mass is 10.2. The van der Waals surface area contributed by atoms with E-state index < -0.39 is 0 Å². The van der Waals surface area contributed by atoms with Crippen molar-refractivity contribution in [2.75, 3.05) is 19.0 Å². The number of nitrogens with zero attached hydrogens (tertiary/aromatic N) is 4. The Hall–Kier alpha value is -3.12. The molecule has 0 atom stereocenters. The Morgan fingerprint density at radius 3 is 2.70 bits per heavy atom. The molecule has 3 heterocycles. The molecule has 4 rings (SSSR count). The summed E-state index contributed by atoms with van der Waals surface area (Å²) < 4.78 is 7.82. The standard InChI is InChI=1S/C21H23N5O/c1-25(2)20-9-8-15(12-23-20)11-22-13-17-14-26(3)24-21(17)19-10-16-6-4-5-7-18(16)27-19/h4-10,12,14,22H,11,13H2,1-3H3. The number of benzene rings is 1. The number of aromatic nitrogens is 3. The van der Waals surface area contributed by atoms with Gasteiger partial charge in [0.05, 0.1) is 0 Å². The molecule has 6 heteroatoms. The number of para-hydroxylation sites is 1. The minimum atomic E-state index is 0.704. The van der Waals surface area contributed by atoms with E-state index in [1.54, 1.807) is 0 Å². The quantitative estimate of drug-likeness (QED) is 0.569. The van der Waals surface area contributed by atoms with Crippen LogP contribution in [0.2, 0.25) is 0 Å². The van der Waals surface area contributed by atoms with Gasteiger partial charge in [0.1, 0.15) is 17.1 Å². The van der Waals surface area contributed by atoms with Gasteiger partial charge in [-0.05, 0) is 23.8 Å². The summed E-state index contributed by atoms with van der Waals surface area (Å²) in [5.74, 6) is 1.75. The van der Waals surface area contributed by atoms with Crippen LogP contribution < -0.4 is 10.2 Å². The maximum absolute atomic E-state index is 5.99. The highest BCUT2D eigenvalue weighted by atomic mass is 16.3. The average Bonchev–Trinajstić information content (AvgIpc) is 3.25. The summed E-state index contributed by atoms with van der Waals surface area (Å²) in [6.07, 6.45) is 3.94. The first-order chi connectivity index (χ1) is 13.1. The molecule has 0 bridgehead atoms. The van der Waals surface area contributed by atoms with Gasteiger partial charge in [0.15, 0.2) is 5.76 Å². The van der Waals surface area contributed by atoms with Crippen molar-refractivity contribution in [3.8, 4) is 11.5 Å². The first-order valence-electron chi connectivity index (χ1n) is 8.94. The molecular formula is C21H23N5O. The molecule has 4 aromatic rings. The number of anilines is 1. The molecule has 0 aliphatic carbocycles. The molecule has 0 radical (unpaired) electrons. The Balaban J connectivity index is 1.48. The van der Waals surface area contributed by atoms with Crippen LogP contribution in [0.3, 0.4) is 0 Å². The van der Waals surface area contributed by atoms with Crippen LogP contribution in [0.1, 0.15) is 11.1 Å². The van der Waals surface area contributed by atoms with E-state index in [1.807, 2.05) is 79.5 Å². The fourth-order valence-corrected chi connectivity index (χ4v) is 3.10. The predicted octanol–water partition coefficient (Wildman–Crippen LogP) is 3.58. The van der Waals surface area contributed by atoms with E-state index in [0.717, 1.165) is 45.9 Å². The van der Waals surface area contributed by atoms with Crippen LogP contribution in [0.15, 0.2) is 59.3 Å². The maximum atomic E-state index is 5.99. The molecule has 6 nitrogen and oxygen atoms in total. The highest BCUT2D eigenvalue weighted by molar-refractivity contribution is 5.82. The third-order valence-corrected chi connectivity index (χ3v) is 4.48. The van der Waals surface area contributed by atoms with Crippen LogP contribution in [-0.4, -0.2) is 28.9 Å². The second-order valence-corrected chi connectivity index (χ2v) is 6.85. The zero-order valence-corrected chi connectivity index (χ0v) is 15.8. The summed E-state index contributed by atoms with van der Waals surface area (Å²) in [4.78, 5) is 6.44. The zero-order chi connectivity index (χ0) is 18.8. The van der Waals surface area contributed by atoms with Crippen molar-refractivity contribution in [1.82, 2.24) is 20.1 Å². The average molecular weight is 361 g/mol. The Morgan fingerprint density at radius 1 is 1.11 bits per heavy atom. The summed E-state index contributed by atoms with van der Waals surface area (Å²) >= 11 is 0. The van der Waals surface area contributed by atoms with Crippen molar-refractivity contribution in [2.45, 2.75) is 13.1 Å². The van der Waals surface area contributed by atoms with Gasteiger partial charge in [-0.3, -0.25) is 4.68 Å². The number of nitrogens with one attached hydrogen (secondary N) is 1. The molecule has 1 N–H and O–H groups in total. The molecule has 0 fully saturated rings. The second-order valence-electron chi connectivity index (χ2n) is 6.85. The van der Waals surface area contributed by atoms with Gasteiger partial charge in [0.25, 0.3) is 0 Å². The molecule has 0 aliphatic rings. The van der Waals surface area contributed by atoms with Crippen molar-refractivity contribution < 1.29 is 4.42 Å². The summed E-state index contributed by atoms with van der Waals surface area (Å²) in [6.45, 7) is 1.45. The third-order valence-electron chi connectivity index (χ3n) is 4.48. The molecule has 0 spiro atoms. The zero-order valence-electron chi connectivity index (χ0n) is 15.8. The predicted molar refractivity (Wildman–Crippen MR) is 108 cm³/mol. The Labute approximate surface area is 158 Å². The van der Waals surface area contributed by atoms with Gasteiger partial charge in [-0.25, -0.2) is 4.98 Å². The monoisotopic (exact) mass is 361 g/mol. The minimum Gasteiger partial charge on any atom is -0.454 e. The van der Waals surface area contributed by atoms with Crippen molar-refractivity contribution >= 4 is 16.8 Å². The largest absolute Gasteiger partial charge is 0.454 e. The van der Waals surface area contributed by atoms with Crippen LogP contribution in [-0.2, 0) is 20.1 Å². The van der Waals surface area contributed by atoms with E-state index in [1.165, 1.54) is 0 Å². The van der Waals surface area contributed by atoms with Crippen LogP contribution in [0.25, 0.3) is 22.4 Å². The number of hydrogen-bond donors (Lipinski definition) is 1. The van der Waals surface area contributed by atoms with Crippen molar-refractivity contribution in [3.63, 3.8) is 0 Å². The number of fused-ring (bicyclic) bond motifs is 1. The van der Waals surface area contributed by atoms with Crippen LogP contribution in [0.5, 0.6) is 0 Å². The van der Waals surface area contributed by atoms with Crippen LogP contribution in [0, 0.1) is 0 Å². The number of rotatable bonds is 6. The molecule has 0 amide bonds. The van der Waals surface area contributed by atoms with Crippen molar-refractivity contribution in [2.24, 2.45) is 7.05 Å². The van der Waals surface area contributed by atoms with E-state index in [9.17, 15) is 0 Å². The summed E-state index contributed by atoms with van der Waals surface area (Å²) in [7, 11) is 5.91. The van der Waals surface area contributed by atoms with Crippen LogP contribution in [0.4, 0.5) is 5.82 Å². The van der Waals surface area contributed by atoms with Gasteiger partial charge in [0, 0.05) is 57.6 Å². The SMILES string of the molecule is CN(C)c1ccc(CNCc2cn(C)nc2-c2cc3ccccc3o2)cn1. The smallest absolute Gasteiger partial charge is 0.156 e. The molecule has 1 aromatic carbocycles. The van der Waals surface area contributed by atoms with Gasteiger partial charge in [0.2, 0.25) is 0 Å². The molecule has 138 valence electrons. The maximum Gasteiger partial charge on any atom is 0.156 e. The summed E-state index contributed by atoms with van der Waals surface area (Å²) in [5.41, 5.74) is 4.01. The first-order valence-corrected chi connectivity index (χ1v) is 8.94. The Kier molecular flexibility index (Phi) is 4.64. The highest BCUT2D eigenvalue weighted by Crippen LogP contribution is 2.29. The molecule has 27 heavy (non-hydrogen) atoms. The summed E-state index contributed by atoms with van der Waals surface area (Å²) in [5, 5.41) is 9.16. The number of pyridine rings is 1. The van der Waals surface area contributed by atoms with Gasteiger partial charge < -0.3 is 14.6 Å². The van der Waals surface area contributed by atoms with E-state index in [0.29, 0.717) is 6.54 Å². The van der Waals surface area contributed by atoms with E-state index >= 15 is 0 Å². The molecule has 0 saturated heterocycles. The molecule has 0 saturated carbocycles. The van der Waals surface area contributed by atoms with Gasteiger partial charge in [-0.15, -0.1) is 0 Å². The lowest BCUT2D eigenvalue weighted by molar-refractivity contribution is 0.622. The van der Waals surface area contributed by atoms with Crippen molar-refractivity contribution in [3.05, 3.63) is 66.0 Å². The summed E-state index contributed by atoms with van der Waals surface area (Å²) in [6, 6.07) is 14.2. The highest BCUT2D eigenvalue weighted by Gasteiger charge is 2.14. The fourth-order valence-electron chi connectivity index (χ4n) is 3.10. The van der Waals surface area contributed by atoms with E-state index in [-0.39, 0.29) is 0 Å². The third kappa shape index (κ3) is 3.71. The fraction of sp³-hybridized carbons (Fsp3) is 0.238. The molecule has 3 aromatic heterocycles. The van der Waals surface area contributed by atoms with Crippen molar-refractivity contribution in [1.29, 1.82) is 0 Å². The molecule has 0 unspecified atom stereocenters. The topological polar surface area (TPSA) is 59.1 Å². The van der Waals surface area contributed by atoms with Gasteiger partial charge >= 0.3 is 0 Å². The van der Waals surface area contributed by atoms with Gasteiger partial charge in [-0.2, -0.15) is 5.10 Å². The Morgan fingerprint density at radius 2 is 1.96 bits per heavy atom. The Bertz CT molecular complexity index is 1010. The molecule has 0 aliphatic heterocycles. The van der Waals surface area contributed by atoms with Crippen LogP contribution >= 0.6 is 0 Å². The van der Waals surface area contributed by atoms with Gasteiger partial charge in [-0.1, -0.05) is 24.3 Å².